The highest BCUT2D eigenvalue weighted by molar-refractivity contribution is 5.47. The van der Waals surface area contributed by atoms with Crippen molar-refractivity contribution in [2.45, 2.75) is 6.61 Å². The van der Waals surface area contributed by atoms with Gasteiger partial charge >= 0.3 is 0 Å². The van der Waals surface area contributed by atoms with Crippen molar-refractivity contribution < 1.29 is 4.74 Å². The molecule has 3 rings (SSSR count). The Morgan fingerprint density at radius 1 is 1.00 bits per heavy atom. The summed E-state index contributed by atoms with van der Waals surface area (Å²) in [6, 6.07) is 15.1. The van der Waals surface area contributed by atoms with E-state index in [0.29, 0.717) is 18.2 Å². The summed E-state index contributed by atoms with van der Waals surface area (Å²) in [7, 11) is 0. The number of fused-ring (bicyclic) bond motifs is 1. The maximum absolute atomic E-state index is 5.90. The van der Waals surface area contributed by atoms with E-state index in [1.165, 1.54) is 0 Å². The Morgan fingerprint density at radius 2 is 1.83 bits per heavy atom. The van der Waals surface area contributed by atoms with E-state index < -0.39 is 0 Å². The van der Waals surface area contributed by atoms with E-state index in [1.54, 1.807) is 4.40 Å². The standard InChI is InChI=1S/C13H12N4O/c14-11-7-4-8-12-15-16-13(17(11)12)9-18-10-5-2-1-3-6-10/h1-8H,9,14H2. The van der Waals surface area contributed by atoms with Gasteiger partial charge < -0.3 is 10.5 Å². The molecule has 0 aliphatic heterocycles. The van der Waals surface area contributed by atoms with E-state index in [9.17, 15) is 0 Å². The third-order valence-electron chi connectivity index (χ3n) is 2.64. The number of nitrogens with two attached hydrogens (primary N) is 1. The molecular weight excluding hydrogens is 228 g/mol. The van der Waals surface area contributed by atoms with Crippen LogP contribution in [0.4, 0.5) is 5.82 Å². The lowest BCUT2D eigenvalue weighted by molar-refractivity contribution is 0.294. The molecule has 0 aliphatic carbocycles. The van der Waals surface area contributed by atoms with Crippen molar-refractivity contribution in [2.75, 3.05) is 5.73 Å². The van der Waals surface area contributed by atoms with Gasteiger partial charge in [-0.2, -0.15) is 0 Å². The van der Waals surface area contributed by atoms with Gasteiger partial charge in [-0.05, 0) is 24.3 Å². The zero-order valence-electron chi connectivity index (χ0n) is 9.65. The van der Waals surface area contributed by atoms with Crippen LogP contribution in [0, 0.1) is 0 Å². The Bertz CT molecular complexity index is 663. The number of pyridine rings is 1. The van der Waals surface area contributed by atoms with Crippen LogP contribution < -0.4 is 10.5 Å². The van der Waals surface area contributed by atoms with Gasteiger partial charge in [0.1, 0.15) is 18.2 Å². The molecule has 18 heavy (non-hydrogen) atoms. The van der Waals surface area contributed by atoms with Gasteiger partial charge in [-0.3, -0.25) is 4.40 Å². The number of para-hydroxylation sites is 1. The second kappa shape index (κ2) is 4.37. The van der Waals surface area contributed by atoms with E-state index in [4.69, 9.17) is 10.5 Å². The van der Waals surface area contributed by atoms with Crippen LogP contribution >= 0.6 is 0 Å². The summed E-state index contributed by atoms with van der Waals surface area (Å²) in [5.41, 5.74) is 6.62. The van der Waals surface area contributed by atoms with Crippen molar-refractivity contribution in [3.8, 4) is 5.75 Å². The molecule has 0 aliphatic rings. The highest BCUT2D eigenvalue weighted by Gasteiger charge is 2.07. The molecule has 0 amide bonds. The number of rotatable bonds is 3. The highest BCUT2D eigenvalue weighted by atomic mass is 16.5. The molecule has 0 spiro atoms. The fourth-order valence-corrected chi connectivity index (χ4v) is 1.79. The molecule has 0 saturated carbocycles. The maximum Gasteiger partial charge on any atom is 0.177 e. The molecule has 2 N–H and O–H groups in total. The lowest BCUT2D eigenvalue weighted by Crippen LogP contribution is -2.04. The van der Waals surface area contributed by atoms with Gasteiger partial charge in [0.2, 0.25) is 0 Å². The highest BCUT2D eigenvalue weighted by Crippen LogP contribution is 2.14. The Kier molecular flexibility index (Phi) is 2.57. The maximum atomic E-state index is 5.90. The average Bonchev–Trinajstić information content (AvgIpc) is 2.82. The first-order chi connectivity index (χ1) is 8.84. The molecule has 0 radical (unpaired) electrons. The summed E-state index contributed by atoms with van der Waals surface area (Å²) in [4.78, 5) is 0. The van der Waals surface area contributed by atoms with E-state index in [0.717, 1.165) is 11.4 Å². The van der Waals surface area contributed by atoms with Crippen molar-refractivity contribution in [3.05, 3.63) is 54.4 Å². The number of anilines is 1. The third kappa shape index (κ3) is 1.86. The molecule has 0 atom stereocenters. The topological polar surface area (TPSA) is 65.4 Å². The summed E-state index contributed by atoms with van der Waals surface area (Å²) in [6.07, 6.45) is 0. The van der Waals surface area contributed by atoms with Crippen molar-refractivity contribution in [1.82, 2.24) is 14.6 Å². The molecule has 3 aromatic rings. The molecule has 5 heteroatoms. The molecule has 1 aromatic carbocycles. The summed E-state index contributed by atoms with van der Waals surface area (Å²) in [5.74, 6) is 2.08. The summed E-state index contributed by atoms with van der Waals surface area (Å²) in [6.45, 7) is 0.333. The van der Waals surface area contributed by atoms with Crippen LogP contribution in [-0.4, -0.2) is 14.6 Å². The first-order valence-corrected chi connectivity index (χ1v) is 5.61. The van der Waals surface area contributed by atoms with E-state index in [2.05, 4.69) is 10.2 Å². The van der Waals surface area contributed by atoms with Crippen LogP contribution in [-0.2, 0) is 6.61 Å². The Hall–Kier alpha value is -2.56. The molecule has 90 valence electrons. The van der Waals surface area contributed by atoms with Gasteiger partial charge in [0, 0.05) is 0 Å². The second-order valence-electron chi connectivity index (χ2n) is 3.86. The average molecular weight is 240 g/mol. The predicted molar refractivity (Wildman–Crippen MR) is 68.2 cm³/mol. The van der Waals surface area contributed by atoms with Crippen LogP contribution in [0.25, 0.3) is 5.65 Å². The molecule has 0 unspecified atom stereocenters. The SMILES string of the molecule is Nc1cccc2nnc(COc3ccccc3)n12. The van der Waals surface area contributed by atoms with Crippen molar-refractivity contribution in [3.63, 3.8) is 0 Å². The number of ether oxygens (including phenoxy) is 1. The van der Waals surface area contributed by atoms with E-state index in [1.807, 2.05) is 48.5 Å². The third-order valence-corrected chi connectivity index (χ3v) is 2.64. The number of benzene rings is 1. The Balaban J connectivity index is 1.87. The molecule has 2 heterocycles. The van der Waals surface area contributed by atoms with Crippen molar-refractivity contribution in [1.29, 1.82) is 0 Å². The summed E-state index contributed by atoms with van der Waals surface area (Å²) < 4.78 is 7.42. The normalized spacial score (nSPS) is 10.7. The quantitative estimate of drug-likeness (QED) is 0.759. The van der Waals surface area contributed by atoms with Crippen LogP contribution in [0.5, 0.6) is 5.75 Å². The monoisotopic (exact) mass is 240 g/mol. The van der Waals surface area contributed by atoms with Gasteiger partial charge in [-0.25, -0.2) is 0 Å². The van der Waals surface area contributed by atoms with Crippen molar-refractivity contribution >= 4 is 11.5 Å². The number of nitrogen functional groups attached to an aromatic ring is 1. The minimum absolute atomic E-state index is 0.333. The Labute approximate surface area is 104 Å². The minimum atomic E-state index is 0.333. The van der Waals surface area contributed by atoms with Gasteiger partial charge in [0.15, 0.2) is 11.5 Å². The first kappa shape index (κ1) is 10.6. The Morgan fingerprint density at radius 3 is 2.67 bits per heavy atom. The van der Waals surface area contributed by atoms with E-state index >= 15 is 0 Å². The van der Waals surface area contributed by atoms with Crippen LogP contribution in [0.15, 0.2) is 48.5 Å². The molecule has 5 nitrogen and oxygen atoms in total. The first-order valence-electron chi connectivity index (χ1n) is 5.61. The zero-order chi connectivity index (χ0) is 12.4. The lowest BCUT2D eigenvalue weighted by atomic mass is 10.3. The van der Waals surface area contributed by atoms with Crippen LogP contribution in [0.2, 0.25) is 0 Å². The van der Waals surface area contributed by atoms with Crippen LogP contribution in [0.3, 0.4) is 0 Å². The molecule has 0 saturated heterocycles. The summed E-state index contributed by atoms with van der Waals surface area (Å²) >= 11 is 0. The fourth-order valence-electron chi connectivity index (χ4n) is 1.79. The lowest BCUT2D eigenvalue weighted by Gasteiger charge is -2.05. The van der Waals surface area contributed by atoms with Gasteiger partial charge in [-0.15, -0.1) is 10.2 Å². The molecule has 2 aromatic heterocycles. The molecule has 0 bridgehead atoms. The molecule has 0 fully saturated rings. The van der Waals surface area contributed by atoms with Crippen molar-refractivity contribution in [2.24, 2.45) is 0 Å². The predicted octanol–water partition coefficient (Wildman–Crippen LogP) is 1.89. The minimum Gasteiger partial charge on any atom is -0.486 e. The largest absolute Gasteiger partial charge is 0.486 e. The molecular formula is C13H12N4O. The fraction of sp³-hybridized carbons (Fsp3) is 0.0769. The smallest absolute Gasteiger partial charge is 0.177 e. The van der Waals surface area contributed by atoms with Gasteiger partial charge in [-0.1, -0.05) is 24.3 Å². The number of hydrogen-bond donors (Lipinski definition) is 1. The van der Waals surface area contributed by atoms with Crippen LogP contribution in [0.1, 0.15) is 5.82 Å². The number of aromatic nitrogens is 3. The van der Waals surface area contributed by atoms with Gasteiger partial charge in [0.05, 0.1) is 0 Å². The zero-order valence-corrected chi connectivity index (χ0v) is 9.65. The van der Waals surface area contributed by atoms with E-state index in [-0.39, 0.29) is 0 Å². The van der Waals surface area contributed by atoms with Gasteiger partial charge in [0.25, 0.3) is 0 Å². The number of nitrogens with zero attached hydrogens (tertiary/aromatic N) is 3. The second-order valence-corrected chi connectivity index (χ2v) is 3.86. The number of hydrogen-bond acceptors (Lipinski definition) is 4. The summed E-state index contributed by atoms with van der Waals surface area (Å²) in [5, 5.41) is 8.12.